The van der Waals surface area contributed by atoms with Gasteiger partial charge >= 0.3 is 0 Å². The average molecular weight is 277 g/mol. The van der Waals surface area contributed by atoms with Gasteiger partial charge in [0.05, 0.1) is 18.3 Å². The molecule has 0 unspecified atom stereocenters. The standard InChI is InChI=1S/C15H23N3O2/c16-11-6-7-14(13(10-11)15(17)19)18-8-9-20-12-4-2-1-3-5-12/h6-7,10,12,18H,1-5,8-9,16H2,(H2,17,19). The minimum absolute atomic E-state index is 0.396. The smallest absolute Gasteiger partial charge is 0.250 e. The molecule has 1 amide bonds. The highest BCUT2D eigenvalue weighted by Gasteiger charge is 2.13. The molecule has 20 heavy (non-hydrogen) atoms. The highest BCUT2D eigenvalue weighted by molar-refractivity contribution is 5.99. The second-order valence-electron chi connectivity index (χ2n) is 5.23. The molecule has 0 aliphatic heterocycles. The van der Waals surface area contributed by atoms with E-state index >= 15 is 0 Å². The monoisotopic (exact) mass is 277 g/mol. The lowest BCUT2D eigenvalue weighted by atomic mass is 9.98. The van der Waals surface area contributed by atoms with E-state index in [1.807, 2.05) is 0 Å². The Kier molecular flexibility index (Phi) is 5.24. The van der Waals surface area contributed by atoms with Crippen LogP contribution in [0.2, 0.25) is 0 Å². The van der Waals surface area contributed by atoms with Crippen molar-refractivity contribution >= 4 is 17.3 Å². The number of primary amides is 1. The zero-order chi connectivity index (χ0) is 14.4. The molecule has 1 saturated carbocycles. The summed E-state index contributed by atoms with van der Waals surface area (Å²) in [5, 5.41) is 3.18. The molecule has 0 saturated heterocycles. The highest BCUT2D eigenvalue weighted by Crippen LogP contribution is 2.21. The molecule has 110 valence electrons. The third-order valence-corrected chi connectivity index (χ3v) is 3.63. The SMILES string of the molecule is NC(=O)c1cc(N)ccc1NCCOC1CCCCC1. The first-order chi connectivity index (χ1) is 9.66. The van der Waals surface area contributed by atoms with E-state index in [1.165, 1.54) is 19.3 Å². The lowest BCUT2D eigenvalue weighted by Crippen LogP contribution is -2.21. The van der Waals surface area contributed by atoms with Gasteiger partial charge in [0.2, 0.25) is 0 Å². The molecule has 0 spiro atoms. The van der Waals surface area contributed by atoms with Crippen LogP contribution in [-0.4, -0.2) is 25.2 Å². The largest absolute Gasteiger partial charge is 0.399 e. The van der Waals surface area contributed by atoms with Gasteiger partial charge < -0.3 is 21.5 Å². The molecule has 1 aromatic carbocycles. The van der Waals surface area contributed by atoms with E-state index in [4.69, 9.17) is 16.2 Å². The van der Waals surface area contributed by atoms with Crippen molar-refractivity contribution in [3.63, 3.8) is 0 Å². The maximum absolute atomic E-state index is 11.3. The van der Waals surface area contributed by atoms with E-state index in [0.29, 0.717) is 36.2 Å². The minimum atomic E-state index is -0.479. The first kappa shape index (κ1) is 14.7. The van der Waals surface area contributed by atoms with Gasteiger partial charge in [0.15, 0.2) is 0 Å². The van der Waals surface area contributed by atoms with Gasteiger partial charge in [0.1, 0.15) is 0 Å². The predicted octanol–water partition coefficient (Wildman–Crippen LogP) is 2.13. The van der Waals surface area contributed by atoms with Crippen LogP contribution in [0, 0.1) is 0 Å². The first-order valence-electron chi connectivity index (χ1n) is 7.21. The minimum Gasteiger partial charge on any atom is -0.399 e. The average Bonchev–Trinajstić information content (AvgIpc) is 2.45. The maximum atomic E-state index is 11.3. The van der Waals surface area contributed by atoms with Crippen molar-refractivity contribution in [3.8, 4) is 0 Å². The normalized spacial score (nSPS) is 16.0. The van der Waals surface area contributed by atoms with Crippen LogP contribution in [0.25, 0.3) is 0 Å². The summed E-state index contributed by atoms with van der Waals surface area (Å²) in [4.78, 5) is 11.3. The van der Waals surface area contributed by atoms with Gasteiger partial charge in [-0.05, 0) is 31.0 Å². The fourth-order valence-electron chi connectivity index (χ4n) is 2.56. The van der Waals surface area contributed by atoms with Crippen LogP contribution in [0.1, 0.15) is 42.5 Å². The summed E-state index contributed by atoms with van der Waals surface area (Å²) >= 11 is 0. The van der Waals surface area contributed by atoms with E-state index in [1.54, 1.807) is 18.2 Å². The number of benzene rings is 1. The van der Waals surface area contributed by atoms with Gasteiger partial charge in [-0.1, -0.05) is 19.3 Å². The molecule has 5 heteroatoms. The summed E-state index contributed by atoms with van der Waals surface area (Å²) in [6.07, 6.45) is 6.57. The molecule has 0 atom stereocenters. The molecule has 0 radical (unpaired) electrons. The summed E-state index contributed by atoms with van der Waals surface area (Å²) in [5.41, 5.74) is 12.7. The van der Waals surface area contributed by atoms with E-state index in [2.05, 4.69) is 5.32 Å². The third kappa shape index (κ3) is 4.13. The van der Waals surface area contributed by atoms with Gasteiger partial charge in [0.25, 0.3) is 5.91 Å². The van der Waals surface area contributed by atoms with Crippen molar-refractivity contribution in [1.29, 1.82) is 0 Å². The summed E-state index contributed by atoms with van der Waals surface area (Å²) < 4.78 is 5.83. The van der Waals surface area contributed by atoms with Crippen molar-refractivity contribution in [3.05, 3.63) is 23.8 Å². The number of nitrogens with two attached hydrogens (primary N) is 2. The Morgan fingerprint density at radius 1 is 1.30 bits per heavy atom. The van der Waals surface area contributed by atoms with Gasteiger partial charge in [-0.3, -0.25) is 4.79 Å². The summed E-state index contributed by atoms with van der Waals surface area (Å²) in [7, 11) is 0. The molecule has 0 aromatic heterocycles. The Balaban J connectivity index is 1.80. The van der Waals surface area contributed by atoms with Crippen LogP contribution in [0.3, 0.4) is 0 Å². The van der Waals surface area contributed by atoms with Crippen LogP contribution < -0.4 is 16.8 Å². The molecule has 5 nitrogen and oxygen atoms in total. The molecule has 0 bridgehead atoms. The molecule has 1 aliphatic rings. The Morgan fingerprint density at radius 3 is 2.75 bits per heavy atom. The zero-order valence-electron chi connectivity index (χ0n) is 11.7. The Hall–Kier alpha value is -1.75. The lowest BCUT2D eigenvalue weighted by molar-refractivity contribution is 0.0347. The number of nitrogens with one attached hydrogen (secondary N) is 1. The molecule has 1 aromatic rings. The Labute approximate surface area is 119 Å². The number of hydrogen-bond acceptors (Lipinski definition) is 4. The van der Waals surface area contributed by atoms with Crippen molar-refractivity contribution in [2.45, 2.75) is 38.2 Å². The molecular formula is C15H23N3O2. The molecule has 5 N–H and O–H groups in total. The van der Waals surface area contributed by atoms with Gasteiger partial charge in [-0.2, -0.15) is 0 Å². The second kappa shape index (κ2) is 7.14. The Bertz CT molecular complexity index is 456. The summed E-state index contributed by atoms with van der Waals surface area (Å²) in [6, 6.07) is 5.11. The van der Waals surface area contributed by atoms with Crippen LogP contribution in [-0.2, 0) is 4.74 Å². The van der Waals surface area contributed by atoms with Crippen LogP contribution in [0.4, 0.5) is 11.4 Å². The number of carbonyl (C=O) groups is 1. The topological polar surface area (TPSA) is 90.4 Å². The summed E-state index contributed by atoms with van der Waals surface area (Å²) in [5.74, 6) is -0.479. The van der Waals surface area contributed by atoms with Gasteiger partial charge in [-0.25, -0.2) is 0 Å². The fourth-order valence-corrected chi connectivity index (χ4v) is 2.56. The number of amides is 1. The number of anilines is 2. The quantitative estimate of drug-likeness (QED) is 0.549. The van der Waals surface area contributed by atoms with Crippen molar-refractivity contribution in [2.75, 3.05) is 24.2 Å². The fraction of sp³-hybridized carbons (Fsp3) is 0.533. The van der Waals surface area contributed by atoms with Crippen LogP contribution in [0.5, 0.6) is 0 Å². The predicted molar refractivity (Wildman–Crippen MR) is 80.7 cm³/mol. The molecule has 2 rings (SSSR count). The molecule has 1 aliphatic carbocycles. The highest BCUT2D eigenvalue weighted by atomic mass is 16.5. The van der Waals surface area contributed by atoms with Gasteiger partial charge in [-0.15, -0.1) is 0 Å². The number of hydrogen-bond donors (Lipinski definition) is 3. The maximum Gasteiger partial charge on any atom is 0.250 e. The molecular weight excluding hydrogens is 254 g/mol. The van der Waals surface area contributed by atoms with Crippen molar-refractivity contribution in [1.82, 2.24) is 0 Å². The van der Waals surface area contributed by atoms with E-state index in [0.717, 1.165) is 12.8 Å². The van der Waals surface area contributed by atoms with Crippen molar-refractivity contribution in [2.24, 2.45) is 5.73 Å². The number of ether oxygens (including phenoxy) is 1. The van der Waals surface area contributed by atoms with Gasteiger partial charge in [0, 0.05) is 17.9 Å². The third-order valence-electron chi connectivity index (χ3n) is 3.63. The number of rotatable bonds is 6. The summed E-state index contributed by atoms with van der Waals surface area (Å²) in [6.45, 7) is 1.29. The Morgan fingerprint density at radius 2 is 2.05 bits per heavy atom. The van der Waals surface area contributed by atoms with Crippen LogP contribution in [0.15, 0.2) is 18.2 Å². The van der Waals surface area contributed by atoms with Crippen molar-refractivity contribution < 1.29 is 9.53 Å². The van der Waals surface area contributed by atoms with Crippen LogP contribution >= 0.6 is 0 Å². The van der Waals surface area contributed by atoms with E-state index in [9.17, 15) is 4.79 Å². The van der Waals surface area contributed by atoms with E-state index in [-0.39, 0.29) is 0 Å². The van der Waals surface area contributed by atoms with E-state index < -0.39 is 5.91 Å². The lowest BCUT2D eigenvalue weighted by Gasteiger charge is -2.22. The first-order valence-corrected chi connectivity index (χ1v) is 7.21. The number of carbonyl (C=O) groups excluding carboxylic acids is 1. The molecule has 0 heterocycles. The molecule has 1 fully saturated rings. The zero-order valence-corrected chi connectivity index (χ0v) is 11.7. The second-order valence-corrected chi connectivity index (χ2v) is 5.23. The number of nitrogen functional groups attached to an aromatic ring is 1.